The van der Waals surface area contributed by atoms with E-state index in [0.717, 1.165) is 31.5 Å². The van der Waals surface area contributed by atoms with Crippen LogP contribution in [0.5, 0.6) is 0 Å². The van der Waals surface area contributed by atoms with Crippen molar-refractivity contribution in [3.63, 3.8) is 0 Å². The fourth-order valence-corrected chi connectivity index (χ4v) is 7.25. The summed E-state index contributed by atoms with van der Waals surface area (Å²) in [6, 6.07) is 54.6. The van der Waals surface area contributed by atoms with E-state index < -0.39 is 0 Å². The molecule has 0 amide bonds. The van der Waals surface area contributed by atoms with Gasteiger partial charge in [-0.2, -0.15) is 9.13 Å². The Kier molecular flexibility index (Phi) is 9.84. The van der Waals surface area contributed by atoms with Crippen LogP contribution in [0.1, 0.15) is 22.4 Å². The first kappa shape index (κ1) is 32.6. The van der Waals surface area contributed by atoms with E-state index in [1.165, 1.54) is 61.6 Å². The van der Waals surface area contributed by atoms with Gasteiger partial charge in [-0.1, -0.05) is 84.9 Å². The van der Waals surface area contributed by atoms with E-state index in [1.807, 2.05) is 6.20 Å². The average Bonchev–Trinajstić information content (AvgIpc) is 3.17. The predicted molar refractivity (Wildman–Crippen MR) is 205 cm³/mol. The van der Waals surface area contributed by atoms with Gasteiger partial charge in [-0.25, -0.2) is 4.57 Å². The third-order valence-corrected chi connectivity index (χ3v) is 9.85. The van der Waals surface area contributed by atoms with Gasteiger partial charge < -0.3 is 0 Å². The van der Waals surface area contributed by atoms with Gasteiger partial charge in [0.15, 0.2) is 30.8 Å². The highest BCUT2D eigenvalue weighted by atomic mass is 15.0. The van der Waals surface area contributed by atoms with Gasteiger partial charge in [-0.05, 0) is 78.1 Å². The molecule has 3 nitrogen and oxygen atoms in total. The molecular formula is C47H44N3+3. The molecular weight excluding hydrogens is 607 g/mol. The van der Waals surface area contributed by atoms with E-state index in [-0.39, 0.29) is 0 Å². The summed E-state index contributed by atoms with van der Waals surface area (Å²) in [5.74, 6) is 0. The Morgan fingerprint density at radius 3 is 1.64 bits per heavy atom. The van der Waals surface area contributed by atoms with Crippen molar-refractivity contribution < 1.29 is 13.7 Å². The van der Waals surface area contributed by atoms with Crippen LogP contribution in [0.25, 0.3) is 51.1 Å². The van der Waals surface area contributed by atoms with Crippen LogP contribution in [0.4, 0.5) is 0 Å². The quantitative estimate of drug-likeness (QED) is 0.124. The summed E-state index contributed by atoms with van der Waals surface area (Å²) in [4.78, 5) is 0. The van der Waals surface area contributed by atoms with Crippen LogP contribution in [0, 0.1) is 6.92 Å². The van der Waals surface area contributed by atoms with E-state index >= 15 is 0 Å². The highest BCUT2D eigenvalue weighted by Gasteiger charge is 2.22. The molecule has 244 valence electrons. The Labute approximate surface area is 296 Å². The zero-order valence-corrected chi connectivity index (χ0v) is 29.0. The first-order valence-electron chi connectivity index (χ1n) is 17.5. The third-order valence-electron chi connectivity index (χ3n) is 9.85. The van der Waals surface area contributed by atoms with Crippen molar-refractivity contribution in [2.75, 3.05) is 0 Å². The summed E-state index contributed by atoms with van der Waals surface area (Å²) < 4.78 is 6.85. The minimum absolute atomic E-state index is 0.865. The molecule has 4 aromatic carbocycles. The lowest BCUT2D eigenvalue weighted by Gasteiger charge is -2.13. The van der Waals surface area contributed by atoms with Crippen LogP contribution in [0.15, 0.2) is 171 Å². The number of pyridine rings is 3. The van der Waals surface area contributed by atoms with Crippen molar-refractivity contribution >= 4 is 6.20 Å². The molecule has 0 unspecified atom stereocenters. The zero-order valence-electron chi connectivity index (χ0n) is 29.0. The maximum absolute atomic E-state index is 4.21. The molecule has 0 aliphatic carbocycles. The van der Waals surface area contributed by atoms with Gasteiger partial charge in [0.05, 0.1) is 5.56 Å². The molecule has 3 heteroatoms. The van der Waals surface area contributed by atoms with Crippen molar-refractivity contribution in [2.45, 2.75) is 32.7 Å². The van der Waals surface area contributed by atoms with Crippen LogP contribution in [0.3, 0.4) is 0 Å². The van der Waals surface area contributed by atoms with E-state index in [9.17, 15) is 0 Å². The molecule has 3 aromatic heterocycles. The van der Waals surface area contributed by atoms with Crippen LogP contribution < -0.4 is 13.7 Å². The molecule has 0 spiro atoms. The molecule has 0 aliphatic heterocycles. The first-order chi connectivity index (χ1) is 24.6. The number of hydrogen-bond donors (Lipinski definition) is 0. The van der Waals surface area contributed by atoms with Crippen LogP contribution in [-0.2, 0) is 32.9 Å². The van der Waals surface area contributed by atoms with E-state index in [2.05, 4.69) is 198 Å². The van der Waals surface area contributed by atoms with Gasteiger partial charge in [0.2, 0.25) is 17.1 Å². The van der Waals surface area contributed by atoms with Crippen LogP contribution >= 0.6 is 0 Å². The lowest BCUT2D eigenvalue weighted by molar-refractivity contribution is -0.685. The maximum Gasteiger partial charge on any atom is 0.218 e. The second-order valence-electron chi connectivity index (χ2n) is 12.8. The number of hydrogen-bond acceptors (Lipinski definition) is 0. The van der Waals surface area contributed by atoms with E-state index in [0.29, 0.717) is 0 Å². The average molecular weight is 651 g/mol. The van der Waals surface area contributed by atoms with E-state index in [1.54, 1.807) is 0 Å². The first-order valence-corrected chi connectivity index (χ1v) is 17.5. The molecule has 0 fully saturated rings. The SMILES string of the molecule is C=C[n+]1c(-c2ccccc2CC[n+]2ccccc2-c2ccccc2CCc2ccccc2-c2cccc[n+]2C)ccc(-c2ccccc2)c1C. The smallest absolute Gasteiger partial charge is 0.201 e. The lowest BCUT2D eigenvalue weighted by atomic mass is 9.94. The third kappa shape index (κ3) is 6.81. The van der Waals surface area contributed by atoms with Gasteiger partial charge in [0.25, 0.3) is 0 Å². The summed E-state index contributed by atoms with van der Waals surface area (Å²) in [5, 5.41) is 0. The fraction of sp³-hybridized carbons (Fsp3) is 0.128. The number of aromatic nitrogens is 3. The molecule has 0 saturated carbocycles. The van der Waals surface area contributed by atoms with Crippen molar-refractivity contribution in [3.05, 3.63) is 193 Å². The second kappa shape index (κ2) is 15.1. The Morgan fingerprint density at radius 1 is 0.480 bits per heavy atom. The number of nitrogens with zero attached hydrogens (tertiary/aromatic N) is 3. The highest BCUT2D eigenvalue weighted by molar-refractivity contribution is 5.69. The van der Waals surface area contributed by atoms with Crippen LogP contribution in [-0.4, -0.2) is 0 Å². The van der Waals surface area contributed by atoms with Crippen molar-refractivity contribution in [1.29, 1.82) is 0 Å². The normalized spacial score (nSPS) is 11.0. The number of benzene rings is 4. The molecule has 0 aliphatic rings. The maximum atomic E-state index is 4.21. The molecule has 50 heavy (non-hydrogen) atoms. The van der Waals surface area contributed by atoms with Gasteiger partial charge >= 0.3 is 0 Å². The van der Waals surface area contributed by atoms with Gasteiger partial charge in [0, 0.05) is 60.4 Å². The van der Waals surface area contributed by atoms with Gasteiger partial charge in [-0.15, -0.1) is 0 Å². The molecule has 3 heterocycles. The predicted octanol–water partition coefficient (Wildman–Crippen LogP) is 9.19. The standard InChI is InChI=1S/C47H44N3/c1-4-50-36(2)41(37-18-6-5-7-19-37)30-31-47(50)44-25-13-10-22-40(44)32-35-49-34-17-15-27-46(49)43-24-12-9-21-39(43)29-28-38-20-8-11-23-42(38)45-26-14-16-33-48(45)3/h4-27,30-31,33-34H,1,28-29,32,35H2,2-3H3/q+3. The summed E-state index contributed by atoms with van der Waals surface area (Å²) in [7, 11) is 2.12. The number of aryl methyl sites for hydroxylation is 5. The Balaban J connectivity index is 1.16. The minimum atomic E-state index is 0.865. The Hall–Kier alpha value is -5.93. The molecule has 0 bridgehead atoms. The Bertz CT molecular complexity index is 2270. The summed E-state index contributed by atoms with van der Waals surface area (Å²) >= 11 is 0. The Morgan fingerprint density at radius 2 is 1.00 bits per heavy atom. The van der Waals surface area contributed by atoms with E-state index in [4.69, 9.17) is 0 Å². The summed E-state index contributed by atoms with van der Waals surface area (Å²) in [6.45, 7) is 7.25. The number of rotatable bonds is 11. The summed E-state index contributed by atoms with van der Waals surface area (Å²) in [5.41, 5.74) is 15.1. The monoisotopic (exact) mass is 650 g/mol. The second-order valence-corrected chi connectivity index (χ2v) is 12.8. The zero-order chi connectivity index (χ0) is 34.3. The highest BCUT2D eigenvalue weighted by Crippen LogP contribution is 2.29. The molecule has 7 rings (SSSR count). The van der Waals surface area contributed by atoms with Gasteiger partial charge in [-0.3, -0.25) is 0 Å². The van der Waals surface area contributed by atoms with Crippen molar-refractivity contribution in [2.24, 2.45) is 7.05 Å². The molecule has 0 N–H and O–H groups in total. The van der Waals surface area contributed by atoms with Crippen molar-refractivity contribution in [3.8, 4) is 44.9 Å². The van der Waals surface area contributed by atoms with Crippen LogP contribution in [0.2, 0.25) is 0 Å². The molecule has 0 saturated heterocycles. The molecule has 0 atom stereocenters. The molecule has 0 radical (unpaired) electrons. The lowest BCUT2D eigenvalue weighted by Crippen LogP contribution is -2.37. The van der Waals surface area contributed by atoms with Gasteiger partial charge in [0.1, 0.15) is 7.05 Å². The largest absolute Gasteiger partial charge is 0.218 e. The minimum Gasteiger partial charge on any atom is -0.201 e. The van der Waals surface area contributed by atoms with Crippen molar-refractivity contribution in [1.82, 2.24) is 0 Å². The fourth-order valence-electron chi connectivity index (χ4n) is 7.25. The molecule has 7 aromatic rings. The topological polar surface area (TPSA) is 11.6 Å². The summed E-state index contributed by atoms with van der Waals surface area (Å²) in [6.07, 6.45) is 9.11.